The van der Waals surface area contributed by atoms with Crippen LogP contribution in [0.15, 0.2) is 42.5 Å². The lowest BCUT2D eigenvalue weighted by molar-refractivity contribution is -0.119. The molecule has 1 amide bonds. The van der Waals surface area contributed by atoms with E-state index < -0.39 is 5.82 Å². The summed E-state index contributed by atoms with van der Waals surface area (Å²) in [5, 5.41) is 0.969. The summed E-state index contributed by atoms with van der Waals surface area (Å²) in [4.78, 5) is 16.2. The van der Waals surface area contributed by atoms with Crippen LogP contribution in [0.25, 0.3) is 0 Å². The first-order valence-corrected chi connectivity index (χ1v) is 9.67. The number of amides is 1. The Kier molecular flexibility index (Phi) is 4.40. The Labute approximate surface area is 163 Å². The van der Waals surface area contributed by atoms with Gasteiger partial charge in [0.05, 0.1) is 10.7 Å². The second-order valence-electron chi connectivity index (χ2n) is 5.71. The number of anilines is 1. The topological polar surface area (TPSA) is 23.6 Å². The number of hydrogen-bond acceptors (Lipinski definition) is 3. The average Bonchev–Trinajstić information content (AvgIpc) is 3.12. The summed E-state index contributed by atoms with van der Waals surface area (Å²) in [5.74, 6) is -0.00718. The van der Waals surface area contributed by atoms with Crippen molar-refractivity contribution in [2.75, 3.05) is 10.7 Å². The van der Waals surface area contributed by atoms with Crippen molar-refractivity contribution in [3.63, 3.8) is 0 Å². The molecule has 0 spiro atoms. The standard InChI is InChI=1S/C17H11Cl2FN2OS2/c18-10-3-1-9(2-4-10)16-22-14(8-25-16)15(23)21(17(22)24)11-5-6-13(20)12(19)7-11/h1-7,14,16H,8H2/t14-,16?/m1/s1. The highest BCUT2D eigenvalue weighted by Gasteiger charge is 2.50. The summed E-state index contributed by atoms with van der Waals surface area (Å²) < 4.78 is 13.4. The number of hydrogen-bond donors (Lipinski definition) is 0. The number of thiocarbonyl (C=S) groups is 1. The smallest absolute Gasteiger partial charge is 0.257 e. The molecule has 0 aliphatic carbocycles. The number of carbonyl (C=O) groups is 1. The van der Waals surface area contributed by atoms with Crippen LogP contribution in [0.5, 0.6) is 0 Å². The van der Waals surface area contributed by atoms with E-state index >= 15 is 0 Å². The van der Waals surface area contributed by atoms with Gasteiger partial charge in [0, 0.05) is 10.8 Å². The van der Waals surface area contributed by atoms with Crippen molar-refractivity contribution in [2.24, 2.45) is 0 Å². The van der Waals surface area contributed by atoms with Gasteiger partial charge in [-0.25, -0.2) is 4.39 Å². The maximum atomic E-state index is 13.4. The van der Waals surface area contributed by atoms with Crippen LogP contribution in [-0.4, -0.2) is 27.7 Å². The van der Waals surface area contributed by atoms with Gasteiger partial charge in [-0.05, 0) is 48.1 Å². The van der Waals surface area contributed by atoms with Gasteiger partial charge in [0.15, 0.2) is 5.11 Å². The van der Waals surface area contributed by atoms with Crippen LogP contribution in [0.3, 0.4) is 0 Å². The number of thioether (sulfide) groups is 1. The van der Waals surface area contributed by atoms with Gasteiger partial charge in [-0.15, -0.1) is 11.8 Å². The van der Waals surface area contributed by atoms with Crippen molar-refractivity contribution < 1.29 is 9.18 Å². The molecule has 2 atom stereocenters. The van der Waals surface area contributed by atoms with Crippen molar-refractivity contribution >= 4 is 63.9 Å². The number of rotatable bonds is 2. The third-order valence-electron chi connectivity index (χ3n) is 4.23. The van der Waals surface area contributed by atoms with Crippen LogP contribution >= 0.6 is 47.2 Å². The minimum absolute atomic E-state index is 0.0382. The SMILES string of the molecule is O=C1[C@H]2CSC(c3ccc(Cl)cc3)N2C(=S)N1c1ccc(F)c(Cl)c1. The van der Waals surface area contributed by atoms with Crippen LogP contribution in [-0.2, 0) is 4.79 Å². The number of benzene rings is 2. The zero-order chi connectivity index (χ0) is 17.7. The summed E-state index contributed by atoms with van der Waals surface area (Å²) in [5.41, 5.74) is 1.52. The fourth-order valence-corrected chi connectivity index (χ4v) is 5.26. The van der Waals surface area contributed by atoms with Gasteiger partial charge < -0.3 is 4.90 Å². The van der Waals surface area contributed by atoms with Gasteiger partial charge >= 0.3 is 0 Å². The predicted octanol–water partition coefficient (Wildman–Crippen LogP) is 4.88. The first-order chi connectivity index (χ1) is 12.0. The Bertz CT molecular complexity index is 877. The lowest BCUT2D eigenvalue weighted by atomic mass is 10.2. The van der Waals surface area contributed by atoms with E-state index in [1.807, 2.05) is 29.2 Å². The van der Waals surface area contributed by atoms with Gasteiger partial charge in [0.2, 0.25) is 0 Å². The quantitative estimate of drug-likeness (QED) is 0.655. The molecule has 3 nitrogen and oxygen atoms in total. The first-order valence-electron chi connectivity index (χ1n) is 7.46. The molecule has 0 aromatic heterocycles. The molecule has 0 saturated carbocycles. The molecule has 4 rings (SSSR count). The molecule has 2 aromatic carbocycles. The van der Waals surface area contributed by atoms with Crippen molar-refractivity contribution in [2.45, 2.75) is 11.4 Å². The maximum absolute atomic E-state index is 13.4. The fraction of sp³-hybridized carbons (Fsp3) is 0.176. The molecule has 0 radical (unpaired) electrons. The summed E-state index contributed by atoms with van der Waals surface area (Å²) in [6, 6.07) is 11.4. The van der Waals surface area contributed by atoms with Crippen LogP contribution in [0, 0.1) is 5.82 Å². The van der Waals surface area contributed by atoms with Gasteiger partial charge in [0.1, 0.15) is 17.2 Å². The van der Waals surface area contributed by atoms with Crippen LogP contribution in [0.4, 0.5) is 10.1 Å². The van der Waals surface area contributed by atoms with Gasteiger partial charge in [-0.2, -0.15) is 0 Å². The van der Waals surface area contributed by atoms with Gasteiger partial charge in [-0.1, -0.05) is 35.3 Å². The fourth-order valence-electron chi connectivity index (χ4n) is 3.04. The van der Waals surface area contributed by atoms with Crippen molar-refractivity contribution in [1.82, 2.24) is 4.90 Å². The molecule has 8 heteroatoms. The molecule has 0 N–H and O–H groups in total. The number of halogens is 3. The maximum Gasteiger partial charge on any atom is 0.257 e. The predicted molar refractivity (Wildman–Crippen MR) is 104 cm³/mol. The van der Waals surface area contributed by atoms with E-state index in [0.717, 1.165) is 5.56 Å². The highest BCUT2D eigenvalue weighted by Crippen LogP contribution is 2.46. The van der Waals surface area contributed by atoms with Crippen LogP contribution in [0.2, 0.25) is 10.0 Å². The molecule has 2 aliphatic rings. The Morgan fingerprint density at radius 3 is 2.56 bits per heavy atom. The zero-order valence-electron chi connectivity index (χ0n) is 12.7. The number of carbonyl (C=O) groups excluding carboxylic acids is 1. The van der Waals surface area contributed by atoms with Crippen LogP contribution in [0.1, 0.15) is 10.9 Å². The van der Waals surface area contributed by atoms with Crippen molar-refractivity contribution in [3.05, 3.63) is 63.9 Å². The molecule has 2 heterocycles. The Morgan fingerprint density at radius 1 is 1.16 bits per heavy atom. The highest BCUT2D eigenvalue weighted by molar-refractivity contribution is 7.99. The second kappa shape index (κ2) is 6.43. The monoisotopic (exact) mass is 412 g/mol. The molecule has 128 valence electrons. The van der Waals surface area contributed by atoms with Crippen molar-refractivity contribution in [1.29, 1.82) is 0 Å². The van der Waals surface area contributed by atoms with E-state index in [1.54, 1.807) is 11.8 Å². The minimum atomic E-state index is -0.530. The lowest BCUT2D eigenvalue weighted by Gasteiger charge is -2.25. The molecule has 0 bridgehead atoms. The molecule has 25 heavy (non-hydrogen) atoms. The zero-order valence-corrected chi connectivity index (χ0v) is 15.8. The Hall–Kier alpha value is -1.34. The second-order valence-corrected chi connectivity index (χ2v) is 8.04. The molecular weight excluding hydrogens is 402 g/mol. The normalized spacial score (nSPS) is 22.7. The number of nitrogens with zero attached hydrogens (tertiary/aromatic N) is 2. The van der Waals surface area contributed by atoms with E-state index in [4.69, 9.17) is 35.4 Å². The third kappa shape index (κ3) is 2.81. The van der Waals surface area contributed by atoms with Gasteiger partial charge in [-0.3, -0.25) is 9.69 Å². The average molecular weight is 413 g/mol. The molecule has 2 saturated heterocycles. The largest absolute Gasteiger partial charge is 0.319 e. The van der Waals surface area contributed by atoms with E-state index in [1.165, 1.54) is 23.1 Å². The Balaban J connectivity index is 1.68. The lowest BCUT2D eigenvalue weighted by Crippen LogP contribution is -2.33. The molecule has 2 aromatic rings. The molecular formula is C17H11Cl2FN2OS2. The minimum Gasteiger partial charge on any atom is -0.319 e. The van der Waals surface area contributed by atoms with E-state index in [2.05, 4.69) is 0 Å². The van der Waals surface area contributed by atoms with E-state index in [9.17, 15) is 9.18 Å². The molecule has 2 aliphatic heterocycles. The van der Waals surface area contributed by atoms with Crippen molar-refractivity contribution in [3.8, 4) is 0 Å². The first kappa shape index (κ1) is 17.1. The summed E-state index contributed by atoms with van der Waals surface area (Å²) in [6.07, 6.45) is 0. The summed E-state index contributed by atoms with van der Waals surface area (Å²) in [6.45, 7) is 0. The molecule has 1 unspecified atom stereocenters. The van der Waals surface area contributed by atoms with Gasteiger partial charge in [0.25, 0.3) is 5.91 Å². The molecule has 2 fully saturated rings. The Morgan fingerprint density at radius 2 is 1.88 bits per heavy atom. The van der Waals surface area contributed by atoms with Crippen LogP contribution < -0.4 is 4.90 Å². The summed E-state index contributed by atoms with van der Waals surface area (Å²) in [7, 11) is 0. The highest BCUT2D eigenvalue weighted by atomic mass is 35.5. The number of fused-ring (bicyclic) bond motifs is 1. The van der Waals surface area contributed by atoms with E-state index in [-0.39, 0.29) is 22.3 Å². The summed E-state index contributed by atoms with van der Waals surface area (Å²) >= 11 is 19.1. The third-order valence-corrected chi connectivity index (χ3v) is 6.49. The van der Waals surface area contributed by atoms with E-state index in [0.29, 0.717) is 21.6 Å².